The molecule has 1 spiro atoms. The molecule has 1 saturated heterocycles. The molecule has 28 heavy (non-hydrogen) atoms. The summed E-state index contributed by atoms with van der Waals surface area (Å²) in [7, 11) is -4.16. The topological polar surface area (TPSA) is 81.7 Å². The number of hydrogen-bond acceptors (Lipinski definition) is 5. The van der Waals surface area contributed by atoms with Crippen LogP contribution in [0.3, 0.4) is 0 Å². The minimum Gasteiger partial charge on any atom is -0.338 e. The number of sulfone groups is 1. The Balaban J connectivity index is 1.67. The number of amides is 1. The maximum Gasteiger partial charge on any atom is 0.416 e. The van der Waals surface area contributed by atoms with Crippen molar-refractivity contribution in [1.29, 1.82) is 0 Å². The molecule has 2 aliphatic heterocycles. The highest BCUT2D eigenvalue weighted by atomic mass is 32.2. The van der Waals surface area contributed by atoms with Gasteiger partial charge in [-0.1, -0.05) is 18.2 Å². The lowest BCUT2D eigenvalue weighted by Gasteiger charge is -2.36. The van der Waals surface area contributed by atoms with Crippen LogP contribution in [0.25, 0.3) is 0 Å². The molecule has 2 aliphatic rings. The Morgan fingerprint density at radius 1 is 1.07 bits per heavy atom. The number of anilines is 1. The van der Waals surface area contributed by atoms with Crippen LogP contribution in [0.5, 0.6) is 0 Å². The number of rotatable bonds is 2. The molecule has 2 unspecified atom stereocenters. The quantitative estimate of drug-likeness (QED) is 0.819. The van der Waals surface area contributed by atoms with Crippen molar-refractivity contribution >= 4 is 21.4 Å². The molecule has 0 aromatic heterocycles. The van der Waals surface area contributed by atoms with Crippen molar-refractivity contribution in [2.45, 2.75) is 28.7 Å². The summed E-state index contributed by atoms with van der Waals surface area (Å²) in [5.74, 6) is -2.56. The van der Waals surface area contributed by atoms with E-state index in [0.29, 0.717) is 23.4 Å². The van der Waals surface area contributed by atoms with E-state index in [1.54, 1.807) is 24.3 Å². The maximum absolute atomic E-state index is 12.9. The highest BCUT2D eigenvalue weighted by Crippen LogP contribution is 2.44. The molecule has 4 rings (SSSR count). The molecule has 148 valence electrons. The Morgan fingerprint density at radius 3 is 2.43 bits per heavy atom. The average Bonchev–Trinajstić information content (AvgIpc) is 2.93. The molecule has 0 radical (unpaired) electrons. The van der Waals surface area contributed by atoms with Crippen LogP contribution in [0.4, 0.5) is 18.9 Å². The van der Waals surface area contributed by atoms with Crippen LogP contribution in [-0.2, 0) is 36.1 Å². The van der Waals surface area contributed by atoms with Crippen LogP contribution in [-0.4, -0.2) is 26.4 Å². The van der Waals surface area contributed by atoms with Gasteiger partial charge in [-0.3, -0.25) is 4.79 Å². The van der Waals surface area contributed by atoms with Crippen molar-refractivity contribution in [1.82, 2.24) is 0 Å². The number of carbonyl (C=O) groups is 1. The predicted molar refractivity (Wildman–Crippen MR) is 90.8 cm³/mol. The molecule has 0 saturated carbocycles. The monoisotopic (exact) mass is 413 g/mol. The number of nitrogens with one attached hydrogen (secondary N) is 1. The summed E-state index contributed by atoms with van der Waals surface area (Å²) in [4.78, 5) is 12.2. The lowest BCUT2D eigenvalue weighted by atomic mass is 10.1. The minimum atomic E-state index is -4.58. The fraction of sp³-hybridized carbons (Fsp3) is 0.278. The van der Waals surface area contributed by atoms with E-state index in [0.717, 1.165) is 12.1 Å². The average molecular weight is 413 g/mol. The first-order chi connectivity index (χ1) is 13.1. The van der Waals surface area contributed by atoms with Gasteiger partial charge in [0, 0.05) is 12.0 Å². The van der Waals surface area contributed by atoms with Crippen molar-refractivity contribution in [3.63, 3.8) is 0 Å². The normalized spacial score (nSPS) is 24.8. The lowest BCUT2D eigenvalue weighted by molar-refractivity contribution is -0.264. The number of para-hydroxylation sites is 1. The first-order valence-corrected chi connectivity index (χ1v) is 9.83. The minimum absolute atomic E-state index is 0.0689. The molecule has 0 aliphatic carbocycles. The summed E-state index contributed by atoms with van der Waals surface area (Å²) in [6, 6.07) is 9.71. The summed E-state index contributed by atoms with van der Waals surface area (Å²) in [5, 5.41) is 2.59. The van der Waals surface area contributed by atoms with Crippen LogP contribution in [0.1, 0.15) is 17.5 Å². The molecule has 10 heteroatoms. The Hall–Kier alpha value is -2.43. The second-order valence-electron chi connectivity index (χ2n) is 6.37. The molecule has 2 atom stereocenters. The summed E-state index contributed by atoms with van der Waals surface area (Å²) in [5.41, 5.74) is -1.61. The molecule has 2 aromatic carbocycles. The highest BCUT2D eigenvalue weighted by Gasteiger charge is 2.55. The zero-order chi connectivity index (χ0) is 20.2. The van der Waals surface area contributed by atoms with Gasteiger partial charge in [0.05, 0.1) is 22.8 Å². The lowest BCUT2D eigenvalue weighted by Crippen LogP contribution is -2.49. The Morgan fingerprint density at radius 2 is 1.75 bits per heavy atom. The van der Waals surface area contributed by atoms with Gasteiger partial charge in [0.2, 0.25) is 9.84 Å². The van der Waals surface area contributed by atoms with E-state index in [2.05, 4.69) is 5.32 Å². The van der Waals surface area contributed by atoms with Crippen molar-refractivity contribution in [2.24, 2.45) is 0 Å². The fourth-order valence-corrected chi connectivity index (χ4v) is 4.73. The van der Waals surface area contributed by atoms with Crippen molar-refractivity contribution in [3.8, 4) is 0 Å². The number of ether oxygens (including phenoxy) is 2. The Kier molecular flexibility index (Phi) is 4.25. The number of hydrogen-bond donors (Lipinski definition) is 1. The standard InChI is InChI=1S/C18H14F3NO5S/c19-18(20,21)11-5-7-12(8-6-11)28(24,25)15-9-10-26-17(27-15)13-3-1-2-4-14(13)22-16(17)23/h1-8,15H,9-10H2,(H,22,23). The summed E-state index contributed by atoms with van der Waals surface area (Å²) >= 11 is 0. The van der Waals surface area contributed by atoms with Gasteiger partial charge in [-0.2, -0.15) is 13.2 Å². The van der Waals surface area contributed by atoms with E-state index < -0.39 is 38.7 Å². The van der Waals surface area contributed by atoms with Crippen molar-refractivity contribution in [3.05, 3.63) is 59.7 Å². The van der Waals surface area contributed by atoms with Crippen molar-refractivity contribution < 1.29 is 35.9 Å². The second-order valence-corrected chi connectivity index (χ2v) is 8.46. The maximum atomic E-state index is 12.9. The van der Waals surface area contributed by atoms with E-state index >= 15 is 0 Å². The number of halogens is 3. The Bertz CT molecular complexity index is 1040. The van der Waals surface area contributed by atoms with E-state index in [4.69, 9.17) is 9.47 Å². The van der Waals surface area contributed by atoms with Gasteiger partial charge < -0.3 is 14.8 Å². The molecular formula is C18H14F3NO5S. The van der Waals surface area contributed by atoms with E-state index in [-0.39, 0.29) is 17.9 Å². The molecular weight excluding hydrogens is 399 g/mol. The smallest absolute Gasteiger partial charge is 0.338 e. The van der Waals surface area contributed by atoms with Crippen LogP contribution >= 0.6 is 0 Å². The number of fused-ring (bicyclic) bond motifs is 2. The van der Waals surface area contributed by atoms with E-state index in [9.17, 15) is 26.4 Å². The van der Waals surface area contributed by atoms with Crippen LogP contribution in [0.2, 0.25) is 0 Å². The van der Waals surface area contributed by atoms with E-state index in [1.807, 2.05) is 0 Å². The third kappa shape index (κ3) is 2.88. The van der Waals surface area contributed by atoms with Gasteiger partial charge in [-0.25, -0.2) is 8.42 Å². The van der Waals surface area contributed by atoms with Crippen LogP contribution in [0.15, 0.2) is 53.4 Å². The van der Waals surface area contributed by atoms with Crippen molar-refractivity contribution in [2.75, 3.05) is 11.9 Å². The molecule has 2 heterocycles. The number of carbonyl (C=O) groups excluding carboxylic acids is 1. The van der Waals surface area contributed by atoms with Gasteiger partial charge in [0.15, 0.2) is 5.44 Å². The van der Waals surface area contributed by atoms with Crippen LogP contribution < -0.4 is 5.32 Å². The predicted octanol–water partition coefficient (Wildman–Crippen LogP) is 3.05. The van der Waals surface area contributed by atoms with Crippen LogP contribution in [0, 0.1) is 0 Å². The summed E-state index contributed by atoms with van der Waals surface area (Å²) in [6.07, 6.45) is -4.65. The highest BCUT2D eigenvalue weighted by molar-refractivity contribution is 7.92. The molecule has 1 N–H and O–H groups in total. The number of alkyl halides is 3. The Labute approximate surface area is 158 Å². The summed E-state index contributed by atoms with van der Waals surface area (Å²) < 4.78 is 75.2. The summed E-state index contributed by atoms with van der Waals surface area (Å²) in [6.45, 7) is -0.0771. The van der Waals surface area contributed by atoms with Gasteiger partial charge >= 0.3 is 6.18 Å². The number of benzene rings is 2. The van der Waals surface area contributed by atoms with Gasteiger partial charge in [-0.05, 0) is 30.3 Å². The fourth-order valence-electron chi connectivity index (χ4n) is 3.25. The molecule has 6 nitrogen and oxygen atoms in total. The largest absolute Gasteiger partial charge is 0.416 e. The SMILES string of the molecule is O=C1Nc2ccccc2C12OCCC(S(=O)(=O)c1ccc(C(F)(F)F)cc1)O2. The molecule has 0 bridgehead atoms. The zero-order valence-corrected chi connectivity index (χ0v) is 15.0. The first kappa shape index (κ1) is 18.9. The van der Waals surface area contributed by atoms with E-state index in [1.165, 1.54) is 0 Å². The molecule has 1 fully saturated rings. The zero-order valence-electron chi connectivity index (χ0n) is 14.2. The molecule has 2 aromatic rings. The second kappa shape index (κ2) is 6.29. The van der Waals surface area contributed by atoms with Gasteiger partial charge in [-0.15, -0.1) is 0 Å². The third-order valence-electron chi connectivity index (χ3n) is 4.64. The van der Waals surface area contributed by atoms with Gasteiger partial charge in [0.1, 0.15) is 0 Å². The third-order valence-corrected chi connectivity index (χ3v) is 6.59. The molecule has 1 amide bonds. The first-order valence-electron chi connectivity index (χ1n) is 8.28. The van der Waals surface area contributed by atoms with Gasteiger partial charge in [0.25, 0.3) is 11.7 Å².